The van der Waals surface area contributed by atoms with E-state index in [1.165, 1.54) is 0 Å². The third-order valence-corrected chi connectivity index (χ3v) is 7.35. The highest BCUT2D eigenvalue weighted by Gasteiger charge is 2.44. The zero-order chi connectivity index (χ0) is 17.8. The third-order valence-electron chi connectivity index (χ3n) is 5.60. The molecule has 3 heterocycles. The lowest BCUT2D eigenvalue weighted by Crippen LogP contribution is -2.42. The number of carbonyl (C=O) groups is 2. The molecule has 2 fully saturated rings. The van der Waals surface area contributed by atoms with Crippen molar-refractivity contribution < 1.29 is 18.0 Å². The van der Waals surface area contributed by atoms with Crippen LogP contribution in [0.1, 0.15) is 25.3 Å². The highest BCUT2D eigenvalue weighted by atomic mass is 32.2. The van der Waals surface area contributed by atoms with Crippen LogP contribution in [0.25, 0.3) is 0 Å². The van der Waals surface area contributed by atoms with Gasteiger partial charge in [-0.1, -0.05) is 18.2 Å². The van der Waals surface area contributed by atoms with Gasteiger partial charge in [-0.05, 0) is 31.4 Å². The number of benzene rings is 1. The van der Waals surface area contributed by atoms with E-state index in [0.717, 1.165) is 17.7 Å². The van der Waals surface area contributed by atoms with Crippen molar-refractivity contribution in [3.8, 4) is 0 Å². The Kier molecular flexibility index (Phi) is 3.86. The Bertz CT molecular complexity index is 835. The van der Waals surface area contributed by atoms with Crippen LogP contribution in [-0.2, 0) is 25.8 Å². The number of hydrogen-bond acceptors (Lipinski definition) is 4. The second-order valence-electron chi connectivity index (χ2n) is 7.39. The van der Waals surface area contributed by atoms with E-state index >= 15 is 0 Å². The first-order valence-electron chi connectivity index (χ1n) is 8.76. The minimum atomic E-state index is -3.05. The van der Waals surface area contributed by atoms with E-state index in [0.29, 0.717) is 13.0 Å². The number of anilines is 1. The summed E-state index contributed by atoms with van der Waals surface area (Å²) in [4.78, 5) is 28.9. The lowest BCUT2D eigenvalue weighted by molar-refractivity contribution is -0.129. The van der Waals surface area contributed by atoms with E-state index in [1.54, 1.807) is 4.90 Å². The fourth-order valence-electron chi connectivity index (χ4n) is 4.37. The Hall–Kier alpha value is -1.89. The van der Waals surface area contributed by atoms with Gasteiger partial charge >= 0.3 is 0 Å². The predicted molar refractivity (Wildman–Crippen MR) is 94.0 cm³/mol. The number of carbonyl (C=O) groups excluding carboxylic acids is 2. The molecule has 0 bridgehead atoms. The summed E-state index contributed by atoms with van der Waals surface area (Å²) in [7, 11) is -3.05. The monoisotopic (exact) mass is 362 g/mol. The first-order valence-corrected chi connectivity index (χ1v) is 10.6. The van der Waals surface area contributed by atoms with Crippen molar-refractivity contribution in [2.24, 2.45) is 5.92 Å². The van der Waals surface area contributed by atoms with Gasteiger partial charge in [0.25, 0.3) is 0 Å². The quantitative estimate of drug-likeness (QED) is 0.787. The molecule has 0 aliphatic carbocycles. The molecule has 3 unspecified atom stereocenters. The molecule has 2 saturated heterocycles. The van der Waals surface area contributed by atoms with Gasteiger partial charge < -0.3 is 9.80 Å². The number of rotatable bonds is 2. The Labute approximate surface area is 147 Å². The summed E-state index contributed by atoms with van der Waals surface area (Å²) in [6.07, 6.45) is 1.49. The van der Waals surface area contributed by atoms with Gasteiger partial charge in [-0.2, -0.15) is 0 Å². The maximum atomic E-state index is 13.1. The fourth-order valence-corrected chi connectivity index (χ4v) is 6.10. The van der Waals surface area contributed by atoms with Crippen molar-refractivity contribution in [3.63, 3.8) is 0 Å². The largest absolute Gasteiger partial charge is 0.338 e. The third kappa shape index (κ3) is 2.84. The first kappa shape index (κ1) is 16.6. The molecule has 0 aromatic heterocycles. The van der Waals surface area contributed by atoms with Crippen molar-refractivity contribution in [2.45, 2.75) is 38.3 Å². The van der Waals surface area contributed by atoms with Gasteiger partial charge in [-0.3, -0.25) is 9.59 Å². The highest BCUT2D eigenvalue weighted by molar-refractivity contribution is 7.91. The lowest BCUT2D eigenvalue weighted by atomic mass is 10.1. The number of fused-ring (bicyclic) bond motifs is 1. The summed E-state index contributed by atoms with van der Waals surface area (Å²) in [5, 5.41) is 0. The van der Waals surface area contributed by atoms with Crippen LogP contribution in [0.4, 0.5) is 5.69 Å². The zero-order valence-electron chi connectivity index (χ0n) is 14.2. The molecule has 7 heteroatoms. The second-order valence-corrected chi connectivity index (χ2v) is 9.62. The van der Waals surface area contributed by atoms with Crippen molar-refractivity contribution in [1.82, 2.24) is 4.90 Å². The average molecular weight is 362 g/mol. The van der Waals surface area contributed by atoms with Crippen LogP contribution in [0.2, 0.25) is 0 Å². The molecule has 0 radical (unpaired) electrons. The average Bonchev–Trinajstić information content (AvgIpc) is 3.20. The van der Waals surface area contributed by atoms with Crippen LogP contribution in [-0.4, -0.2) is 55.3 Å². The molecule has 0 saturated carbocycles. The van der Waals surface area contributed by atoms with E-state index in [2.05, 4.69) is 0 Å². The number of hydrogen-bond donors (Lipinski definition) is 0. The van der Waals surface area contributed by atoms with E-state index in [9.17, 15) is 18.0 Å². The maximum absolute atomic E-state index is 13.1. The number of sulfone groups is 1. The Morgan fingerprint density at radius 1 is 1.20 bits per heavy atom. The summed E-state index contributed by atoms with van der Waals surface area (Å²) < 4.78 is 23.4. The molecule has 3 aliphatic rings. The summed E-state index contributed by atoms with van der Waals surface area (Å²) in [6, 6.07) is 7.70. The SMILES string of the molecule is CC1Cc2ccccc2N1C(=O)C1CC(=O)N(C2CCS(=O)(=O)C2)C1. The van der Waals surface area contributed by atoms with Crippen molar-refractivity contribution >= 4 is 27.3 Å². The van der Waals surface area contributed by atoms with Crippen LogP contribution in [0.5, 0.6) is 0 Å². The molecule has 2 amide bonds. The van der Waals surface area contributed by atoms with Crippen molar-refractivity contribution in [1.29, 1.82) is 0 Å². The number of likely N-dealkylation sites (tertiary alicyclic amines) is 1. The number of nitrogens with zero attached hydrogens (tertiary/aromatic N) is 2. The van der Waals surface area contributed by atoms with Crippen molar-refractivity contribution in [3.05, 3.63) is 29.8 Å². The molecule has 6 nitrogen and oxygen atoms in total. The molecule has 25 heavy (non-hydrogen) atoms. The van der Waals surface area contributed by atoms with Gasteiger partial charge in [0, 0.05) is 30.7 Å². The highest BCUT2D eigenvalue weighted by Crippen LogP contribution is 2.35. The lowest BCUT2D eigenvalue weighted by Gasteiger charge is -2.27. The molecule has 3 aliphatic heterocycles. The molecule has 0 N–H and O–H groups in total. The van der Waals surface area contributed by atoms with E-state index < -0.39 is 9.84 Å². The minimum Gasteiger partial charge on any atom is -0.338 e. The van der Waals surface area contributed by atoms with Gasteiger partial charge in [0.15, 0.2) is 9.84 Å². The molecule has 4 rings (SSSR count). The summed E-state index contributed by atoms with van der Waals surface area (Å²) in [6.45, 7) is 2.36. The van der Waals surface area contributed by atoms with Gasteiger partial charge in [0.2, 0.25) is 11.8 Å². The molecule has 0 spiro atoms. The molecule has 134 valence electrons. The van der Waals surface area contributed by atoms with Crippen LogP contribution >= 0.6 is 0 Å². The molecule has 1 aromatic rings. The molecular formula is C18H22N2O4S. The minimum absolute atomic E-state index is 0.0193. The fraction of sp³-hybridized carbons (Fsp3) is 0.556. The Balaban J connectivity index is 1.52. The summed E-state index contributed by atoms with van der Waals surface area (Å²) in [5.41, 5.74) is 2.10. The topological polar surface area (TPSA) is 74.8 Å². The van der Waals surface area contributed by atoms with Crippen LogP contribution in [0.15, 0.2) is 24.3 Å². The smallest absolute Gasteiger partial charge is 0.232 e. The van der Waals surface area contributed by atoms with E-state index in [-0.39, 0.29) is 47.7 Å². The summed E-state index contributed by atoms with van der Waals surface area (Å²) >= 11 is 0. The Morgan fingerprint density at radius 3 is 2.68 bits per heavy atom. The first-order chi connectivity index (χ1) is 11.9. The Morgan fingerprint density at radius 2 is 1.96 bits per heavy atom. The van der Waals surface area contributed by atoms with Gasteiger partial charge in [-0.15, -0.1) is 0 Å². The van der Waals surface area contributed by atoms with Crippen LogP contribution in [0.3, 0.4) is 0 Å². The van der Waals surface area contributed by atoms with Gasteiger partial charge in [-0.25, -0.2) is 8.42 Å². The second kappa shape index (κ2) is 5.83. The molecule has 1 aromatic carbocycles. The standard InChI is InChI=1S/C18H22N2O4S/c1-12-8-13-4-2-3-5-16(13)20(12)18(22)14-9-17(21)19(10-14)15-6-7-25(23,24)11-15/h2-5,12,14-15H,6-11H2,1H3. The van der Waals surface area contributed by atoms with Crippen LogP contribution < -0.4 is 4.90 Å². The van der Waals surface area contributed by atoms with E-state index in [1.807, 2.05) is 36.1 Å². The number of para-hydroxylation sites is 1. The zero-order valence-corrected chi connectivity index (χ0v) is 15.0. The van der Waals surface area contributed by atoms with E-state index in [4.69, 9.17) is 0 Å². The molecule has 3 atom stereocenters. The predicted octanol–water partition coefficient (Wildman–Crippen LogP) is 1.000. The molecular weight excluding hydrogens is 340 g/mol. The van der Waals surface area contributed by atoms with Crippen molar-refractivity contribution in [2.75, 3.05) is 23.0 Å². The number of amides is 2. The van der Waals surface area contributed by atoms with Gasteiger partial charge in [0.1, 0.15) is 0 Å². The van der Waals surface area contributed by atoms with Gasteiger partial charge in [0.05, 0.1) is 17.4 Å². The normalized spacial score (nSPS) is 30.8. The van der Waals surface area contributed by atoms with Crippen LogP contribution in [0, 0.1) is 5.92 Å². The maximum Gasteiger partial charge on any atom is 0.232 e. The summed E-state index contributed by atoms with van der Waals surface area (Å²) in [5.74, 6) is -0.335.